The second-order valence-electron chi connectivity index (χ2n) is 4.66. The molecular weight excluding hydrogens is 321 g/mol. The van der Waals surface area contributed by atoms with Crippen LogP contribution >= 0.6 is 15.9 Å². The molecule has 0 aliphatic heterocycles. The standard InChI is InChI=1S/C13H18BrF3N2/c1-9(2)19(8-13(15,16)17)12-4-3-10(5-6-18)7-11(12)14/h3-4,7,9H,5-6,8,18H2,1-2H3. The summed E-state index contributed by atoms with van der Waals surface area (Å²) in [5, 5.41) is 0. The van der Waals surface area contributed by atoms with E-state index in [9.17, 15) is 13.2 Å². The van der Waals surface area contributed by atoms with Gasteiger partial charge in [0.1, 0.15) is 6.54 Å². The van der Waals surface area contributed by atoms with Crippen LogP contribution in [0.5, 0.6) is 0 Å². The second kappa shape index (κ2) is 6.61. The van der Waals surface area contributed by atoms with Crippen molar-refractivity contribution in [1.82, 2.24) is 0 Å². The molecule has 0 aliphatic rings. The zero-order valence-corrected chi connectivity index (χ0v) is 12.6. The number of halogens is 4. The second-order valence-corrected chi connectivity index (χ2v) is 5.52. The average molecular weight is 339 g/mol. The van der Waals surface area contributed by atoms with E-state index in [-0.39, 0.29) is 6.04 Å². The highest BCUT2D eigenvalue weighted by Crippen LogP contribution is 2.31. The van der Waals surface area contributed by atoms with Crippen molar-refractivity contribution in [2.75, 3.05) is 18.0 Å². The van der Waals surface area contributed by atoms with Crippen LogP contribution in [0.2, 0.25) is 0 Å². The molecule has 108 valence electrons. The van der Waals surface area contributed by atoms with Crippen molar-refractivity contribution in [2.45, 2.75) is 32.5 Å². The average Bonchev–Trinajstić information content (AvgIpc) is 2.25. The zero-order chi connectivity index (χ0) is 14.6. The third kappa shape index (κ3) is 5.03. The molecule has 2 N–H and O–H groups in total. The largest absolute Gasteiger partial charge is 0.405 e. The number of hydrogen-bond donors (Lipinski definition) is 1. The topological polar surface area (TPSA) is 29.3 Å². The van der Waals surface area contributed by atoms with E-state index in [1.165, 1.54) is 4.90 Å². The number of nitrogens with two attached hydrogens (primary N) is 1. The maximum Gasteiger partial charge on any atom is 0.405 e. The first-order valence-electron chi connectivity index (χ1n) is 6.06. The smallest absolute Gasteiger partial charge is 0.359 e. The van der Waals surface area contributed by atoms with Crippen LogP contribution in [0.25, 0.3) is 0 Å². The highest BCUT2D eigenvalue weighted by molar-refractivity contribution is 9.10. The summed E-state index contributed by atoms with van der Waals surface area (Å²) in [6, 6.07) is 5.12. The van der Waals surface area contributed by atoms with E-state index in [0.29, 0.717) is 23.1 Å². The van der Waals surface area contributed by atoms with Gasteiger partial charge >= 0.3 is 6.18 Å². The summed E-state index contributed by atoms with van der Waals surface area (Å²) in [4.78, 5) is 1.33. The highest BCUT2D eigenvalue weighted by Gasteiger charge is 2.32. The molecule has 0 heterocycles. The lowest BCUT2D eigenvalue weighted by Gasteiger charge is -2.31. The molecule has 19 heavy (non-hydrogen) atoms. The van der Waals surface area contributed by atoms with Crippen LogP contribution in [0.3, 0.4) is 0 Å². The van der Waals surface area contributed by atoms with Gasteiger partial charge in [0.25, 0.3) is 0 Å². The molecule has 2 nitrogen and oxygen atoms in total. The molecule has 0 unspecified atom stereocenters. The van der Waals surface area contributed by atoms with Crippen LogP contribution in [0.15, 0.2) is 22.7 Å². The Hall–Kier alpha value is -0.750. The van der Waals surface area contributed by atoms with Gasteiger partial charge in [-0.05, 0) is 60.4 Å². The van der Waals surface area contributed by atoms with Crippen LogP contribution in [0, 0.1) is 0 Å². The normalized spacial score (nSPS) is 12.0. The Morgan fingerprint density at radius 1 is 1.32 bits per heavy atom. The van der Waals surface area contributed by atoms with Crippen molar-refractivity contribution in [1.29, 1.82) is 0 Å². The Morgan fingerprint density at radius 2 is 1.95 bits per heavy atom. The van der Waals surface area contributed by atoms with Crippen LogP contribution < -0.4 is 10.6 Å². The maximum atomic E-state index is 12.6. The minimum absolute atomic E-state index is 0.238. The molecule has 0 radical (unpaired) electrons. The van der Waals surface area contributed by atoms with Gasteiger partial charge in [-0.3, -0.25) is 0 Å². The first-order valence-corrected chi connectivity index (χ1v) is 6.86. The van der Waals surface area contributed by atoms with Crippen molar-refractivity contribution in [3.8, 4) is 0 Å². The predicted octanol–water partition coefficient (Wildman–Crippen LogP) is 3.73. The van der Waals surface area contributed by atoms with Crippen LogP contribution in [-0.4, -0.2) is 25.3 Å². The molecule has 0 saturated heterocycles. The third-order valence-electron chi connectivity index (χ3n) is 2.73. The van der Waals surface area contributed by atoms with Crippen molar-refractivity contribution in [3.05, 3.63) is 28.2 Å². The molecule has 1 rings (SSSR count). The highest BCUT2D eigenvalue weighted by atomic mass is 79.9. The fourth-order valence-corrected chi connectivity index (χ4v) is 2.50. The molecule has 0 bridgehead atoms. The van der Waals surface area contributed by atoms with E-state index >= 15 is 0 Å². The summed E-state index contributed by atoms with van der Waals surface area (Å²) in [5.74, 6) is 0. The molecule has 0 fully saturated rings. The number of anilines is 1. The van der Waals surface area contributed by atoms with Gasteiger partial charge in [-0.1, -0.05) is 6.07 Å². The van der Waals surface area contributed by atoms with Gasteiger partial charge in [-0.2, -0.15) is 13.2 Å². The number of benzene rings is 1. The van der Waals surface area contributed by atoms with Crippen LogP contribution in [-0.2, 0) is 6.42 Å². The van der Waals surface area contributed by atoms with E-state index in [0.717, 1.165) is 5.56 Å². The SMILES string of the molecule is CC(C)N(CC(F)(F)F)c1ccc(CCN)cc1Br. The maximum absolute atomic E-state index is 12.6. The first-order chi connectivity index (χ1) is 8.74. The summed E-state index contributed by atoms with van der Waals surface area (Å²) in [6.45, 7) is 3.04. The lowest BCUT2D eigenvalue weighted by Crippen LogP contribution is -2.39. The van der Waals surface area contributed by atoms with E-state index in [4.69, 9.17) is 5.73 Å². The van der Waals surface area contributed by atoms with Crippen molar-refractivity contribution < 1.29 is 13.2 Å². The van der Waals surface area contributed by atoms with E-state index in [1.807, 2.05) is 12.1 Å². The molecule has 6 heteroatoms. The van der Waals surface area contributed by atoms with E-state index < -0.39 is 12.7 Å². The lowest BCUT2D eigenvalue weighted by molar-refractivity contribution is -0.120. The quantitative estimate of drug-likeness (QED) is 0.886. The molecule has 1 aromatic rings. The summed E-state index contributed by atoms with van der Waals surface area (Å²) in [7, 11) is 0. The van der Waals surface area contributed by atoms with Gasteiger partial charge in [0.05, 0.1) is 5.69 Å². The summed E-state index contributed by atoms with van der Waals surface area (Å²) >= 11 is 3.34. The monoisotopic (exact) mass is 338 g/mol. The molecule has 0 spiro atoms. The molecule has 0 atom stereocenters. The van der Waals surface area contributed by atoms with Crippen molar-refractivity contribution in [3.63, 3.8) is 0 Å². The molecular formula is C13H18BrF3N2. The molecule has 0 aromatic heterocycles. The van der Waals surface area contributed by atoms with Gasteiger partial charge < -0.3 is 10.6 Å². The number of alkyl halides is 3. The Labute approximate surface area is 119 Å². The molecule has 0 amide bonds. The Morgan fingerprint density at radius 3 is 2.37 bits per heavy atom. The first kappa shape index (κ1) is 16.3. The molecule has 0 aliphatic carbocycles. The van der Waals surface area contributed by atoms with Crippen LogP contribution in [0.1, 0.15) is 19.4 Å². The van der Waals surface area contributed by atoms with Gasteiger partial charge in [0.15, 0.2) is 0 Å². The van der Waals surface area contributed by atoms with Crippen LogP contribution in [0.4, 0.5) is 18.9 Å². The fourth-order valence-electron chi connectivity index (χ4n) is 1.84. The zero-order valence-electron chi connectivity index (χ0n) is 11.0. The van der Waals surface area contributed by atoms with E-state index in [1.54, 1.807) is 19.9 Å². The van der Waals surface area contributed by atoms with Crippen molar-refractivity contribution >= 4 is 21.6 Å². The summed E-state index contributed by atoms with van der Waals surface area (Å²) < 4.78 is 38.5. The summed E-state index contributed by atoms with van der Waals surface area (Å²) in [5.41, 5.74) is 7.02. The van der Waals surface area contributed by atoms with Crippen molar-refractivity contribution in [2.24, 2.45) is 5.73 Å². The van der Waals surface area contributed by atoms with Gasteiger partial charge in [-0.25, -0.2) is 0 Å². The third-order valence-corrected chi connectivity index (χ3v) is 3.36. The molecule has 1 aromatic carbocycles. The minimum atomic E-state index is -4.22. The number of hydrogen-bond acceptors (Lipinski definition) is 2. The summed E-state index contributed by atoms with van der Waals surface area (Å²) in [6.07, 6.45) is -3.51. The molecule has 0 saturated carbocycles. The Kier molecular flexibility index (Phi) is 5.67. The Bertz CT molecular complexity index is 419. The number of rotatable bonds is 5. The minimum Gasteiger partial charge on any atom is -0.359 e. The number of nitrogens with zero attached hydrogens (tertiary/aromatic N) is 1. The predicted molar refractivity (Wildman–Crippen MR) is 75.4 cm³/mol. The fraction of sp³-hybridized carbons (Fsp3) is 0.538. The van der Waals surface area contributed by atoms with Gasteiger partial charge in [0.2, 0.25) is 0 Å². The van der Waals surface area contributed by atoms with Gasteiger partial charge in [-0.15, -0.1) is 0 Å². The van der Waals surface area contributed by atoms with Gasteiger partial charge in [0, 0.05) is 10.5 Å². The van der Waals surface area contributed by atoms with E-state index in [2.05, 4.69) is 15.9 Å². The lowest BCUT2D eigenvalue weighted by atomic mass is 10.1. The Balaban J connectivity index is 3.03.